The molecule has 1 atom stereocenters. The minimum atomic E-state index is -0.438. The molecule has 9 heteroatoms. The Labute approximate surface area is 192 Å². The van der Waals surface area contributed by atoms with Crippen LogP contribution in [0.4, 0.5) is 5.82 Å². The number of halogens is 1. The van der Waals surface area contributed by atoms with Crippen LogP contribution in [0.15, 0.2) is 58.8 Å². The fourth-order valence-electron chi connectivity index (χ4n) is 3.91. The second-order valence-electron chi connectivity index (χ2n) is 7.37. The molecule has 7 nitrogen and oxygen atoms in total. The fourth-order valence-corrected chi connectivity index (χ4v) is 4.82. The second-order valence-corrected chi connectivity index (χ2v) is 8.68. The van der Waals surface area contributed by atoms with Crippen molar-refractivity contribution >= 4 is 39.6 Å². The highest BCUT2D eigenvalue weighted by molar-refractivity contribution is 7.15. The van der Waals surface area contributed by atoms with E-state index in [0.29, 0.717) is 39.5 Å². The van der Waals surface area contributed by atoms with Crippen molar-refractivity contribution in [1.82, 2.24) is 9.38 Å². The normalized spacial score (nSPS) is 15.3. The van der Waals surface area contributed by atoms with Crippen LogP contribution in [0.1, 0.15) is 29.0 Å². The highest BCUT2D eigenvalue weighted by atomic mass is 35.5. The van der Waals surface area contributed by atoms with Gasteiger partial charge in [0.15, 0.2) is 16.5 Å². The smallest absolute Gasteiger partial charge is 0.279 e. The van der Waals surface area contributed by atoms with Crippen LogP contribution < -0.4 is 20.3 Å². The number of benzene rings is 2. The summed E-state index contributed by atoms with van der Waals surface area (Å²) in [5, 5.41) is 5.30. The van der Waals surface area contributed by atoms with Crippen molar-refractivity contribution in [2.45, 2.75) is 18.9 Å². The minimum Gasteiger partial charge on any atom is -0.493 e. The van der Waals surface area contributed by atoms with Crippen LogP contribution in [0.3, 0.4) is 0 Å². The zero-order chi connectivity index (χ0) is 22.2. The van der Waals surface area contributed by atoms with Crippen LogP contribution in [-0.4, -0.2) is 22.4 Å². The first kappa shape index (κ1) is 20.5. The zero-order valence-corrected chi connectivity index (χ0v) is 18.6. The van der Waals surface area contributed by atoms with Gasteiger partial charge in [0, 0.05) is 28.9 Å². The SMILES string of the molecule is COc1cc([C@@H]2CC(=O)Nc3c2c(=O)nc2sccn32)ccc1OCc1cccc(Cl)c1. The molecule has 0 aliphatic carbocycles. The van der Waals surface area contributed by atoms with E-state index >= 15 is 0 Å². The molecule has 0 radical (unpaired) electrons. The number of hydrogen-bond acceptors (Lipinski definition) is 6. The molecular weight excluding hydrogens is 450 g/mol. The summed E-state index contributed by atoms with van der Waals surface area (Å²) >= 11 is 7.38. The summed E-state index contributed by atoms with van der Waals surface area (Å²) in [6.07, 6.45) is 1.94. The third kappa shape index (κ3) is 3.72. The minimum absolute atomic E-state index is 0.145. The van der Waals surface area contributed by atoms with Gasteiger partial charge in [0.2, 0.25) is 5.91 Å². The Morgan fingerprint density at radius 1 is 1.22 bits per heavy atom. The lowest BCUT2D eigenvalue weighted by Crippen LogP contribution is -2.31. The molecule has 1 N–H and O–H groups in total. The van der Waals surface area contributed by atoms with Crippen molar-refractivity contribution in [3.8, 4) is 11.5 Å². The highest BCUT2D eigenvalue weighted by Gasteiger charge is 2.32. The van der Waals surface area contributed by atoms with Gasteiger partial charge in [0.05, 0.1) is 12.7 Å². The molecule has 1 aliphatic rings. The lowest BCUT2D eigenvalue weighted by atomic mass is 9.86. The Bertz CT molecular complexity index is 1400. The Hall–Kier alpha value is -3.36. The predicted octanol–water partition coefficient (Wildman–Crippen LogP) is 4.47. The van der Waals surface area contributed by atoms with Gasteiger partial charge in [0.1, 0.15) is 12.4 Å². The molecule has 5 rings (SSSR count). The van der Waals surface area contributed by atoms with E-state index in [9.17, 15) is 9.59 Å². The fraction of sp³-hybridized carbons (Fsp3) is 0.174. The number of nitrogens with zero attached hydrogens (tertiary/aromatic N) is 2. The number of amides is 1. The summed E-state index contributed by atoms with van der Waals surface area (Å²) < 4.78 is 13.2. The maximum Gasteiger partial charge on any atom is 0.279 e. The number of aromatic nitrogens is 2. The van der Waals surface area contributed by atoms with E-state index in [4.69, 9.17) is 21.1 Å². The Morgan fingerprint density at radius 3 is 2.91 bits per heavy atom. The van der Waals surface area contributed by atoms with E-state index in [2.05, 4.69) is 10.3 Å². The lowest BCUT2D eigenvalue weighted by Gasteiger charge is -2.26. The molecule has 0 spiro atoms. The van der Waals surface area contributed by atoms with Crippen LogP contribution in [0, 0.1) is 0 Å². The Morgan fingerprint density at radius 2 is 2.09 bits per heavy atom. The van der Waals surface area contributed by atoms with Crippen LogP contribution >= 0.6 is 22.9 Å². The quantitative estimate of drug-likeness (QED) is 0.468. The van der Waals surface area contributed by atoms with Gasteiger partial charge in [-0.1, -0.05) is 29.8 Å². The molecule has 3 heterocycles. The maximum absolute atomic E-state index is 12.8. The molecule has 2 aromatic heterocycles. The molecular formula is C23H18ClN3O4S. The average Bonchev–Trinajstić information content (AvgIpc) is 3.25. The summed E-state index contributed by atoms with van der Waals surface area (Å²) in [5.41, 5.74) is 1.84. The maximum atomic E-state index is 12.8. The number of anilines is 1. The van der Waals surface area contributed by atoms with E-state index in [-0.39, 0.29) is 17.9 Å². The third-order valence-electron chi connectivity index (χ3n) is 5.38. The number of carbonyl (C=O) groups is 1. The molecule has 0 saturated heterocycles. The van der Waals surface area contributed by atoms with Gasteiger partial charge in [-0.2, -0.15) is 4.98 Å². The number of thiazole rings is 1. The largest absolute Gasteiger partial charge is 0.493 e. The summed E-state index contributed by atoms with van der Waals surface area (Å²) in [6, 6.07) is 12.9. The van der Waals surface area contributed by atoms with Crippen molar-refractivity contribution in [3.05, 3.63) is 86.1 Å². The molecule has 0 saturated carbocycles. The summed E-state index contributed by atoms with van der Waals surface area (Å²) in [6.45, 7) is 0.326. The van der Waals surface area contributed by atoms with E-state index in [1.165, 1.54) is 11.3 Å². The Kier molecular flexibility index (Phi) is 5.32. The molecule has 1 aliphatic heterocycles. The van der Waals surface area contributed by atoms with Crippen molar-refractivity contribution in [2.75, 3.05) is 12.4 Å². The Balaban J connectivity index is 1.50. The number of methoxy groups -OCH3 is 1. The number of ether oxygens (including phenoxy) is 2. The van der Waals surface area contributed by atoms with Crippen molar-refractivity contribution in [1.29, 1.82) is 0 Å². The zero-order valence-electron chi connectivity index (χ0n) is 17.0. The first-order valence-corrected chi connectivity index (χ1v) is 11.1. The van der Waals surface area contributed by atoms with Gasteiger partial charge < -0.3 is 14.8 Å². The molecule has 0 bridgehead atoms. The summed E-state index contributed by atoms with van der Waals surface area (Å²) in [4.78, 5) is 30.0. The molecule has 162 valence electrons. The average molecular weight is 468 g/mol. The van der Waals surface area contributed by atoms with E-state index in [1.54, 1.807) is 29.8 Å². The molecule has 1 amide bonds. The first-order chi connectivity index (χ1) is 15.5. The molecule has 2 aromatic carbocycles. The third-order valence-corrected chi connectivity index (χ3v) is 6.37. The van der Waals surface area contributed by atoms with Gasteiger partial charge >= 0.3 is 0 Å². The number of rotatable bonds is 5. The van der Waals surface area contributed by atoms with Crippen molar-refractivity contribution in [3.63, 3.8) is 0 Å². The second kappa shape index (κ2) is 8.29. The van der Waals surface area contributed by atoms with Crippen LogP contribution in [0.25, 0.3) is 4.96 Å². The van der Waals surface area contributed by atoms with Gasteiger partial charge in [-0.05, 0) is 35.4 Å². The number of nitrogens with one attached hydrogen (secondary N) is 1. The predicted molar refractivity (Wildman–Crippen MR) is 123 cm³/mol. The number of hydrogen-bond donors (Lipinski definition) is 1. The molecule has 4 aromatic rings. The van der Waals surface area contributed by atoms with Gasteiger partial charge in [-0.3, -0.25) is 14.0 Å². The highest BCUT2D eigenvalue weighted by Crippen LogP contribution is 2.39. The molecule has 0 fully saturated rings. The summed E-state index contributed by atoms with van der Waals surface area (Å²) in [5.74, 6) is 0.948. The number of carbonyl (C=O) groups excluding carboxylic acids is 1. The van der Waals surface area contributed by atoms with Crippen LogP contribution in [0.2, 0.25) is 5.02 Å². The van der Waals surface area contributed by atoms with E-state index in [0.717, 1.165) is 11.1 Å². The van der Waals surface area contributed by atoms with Crippen molar-refractivity contribution in [2.24, 2.45) is 0 Å². The van der Waals surface area contributed by atoms with Gasteiger partial charge in [0.25, 0.3) is 5.56 Å². The van der Waals surface area contributed by atoms with Gasteiger partial charge in [-0.25, -0.2) is 0 Å². The van der Waals surface area contributed by atoms with E-state index in [1.807, 2.05) is 35.7 Å². The standard InChI is InChI=1S/C23H18ClN3O4S/c1-30-18-10-14(5-6-17(18)31-12-13-3-2-4-15(24)9-13)16-11-19(28)25-21-20(16)22(29)26-23-27(21)7-8-32-23/h2-10,16H,11-12H2,1H3,(H,25,28)/t16-/m0/s1. The summed E-state index contributed by atoms with van der Waals surface area (Å²) in [7, 11) is 1.55. The first-order valence-electron chi connectivity index (χ1n) is 9.88. The van der Waals surface area contributed by atoms with Crippen molar-refractivity contribution < 1.29 is 14.3 Å². The van der Waals surface area contributed by atoms with E-state index < -0.39 is 5.92 Å². The van der Waals surface area contributed by atoms with Crippen LogP contribution in [-0.2, 0) is 11.4 Å². The van der Waals surface area contributed by atoms with Crippen LogP contribution in [0.5, 0.6) is 11.5 Å². The molecule has 0 unspecified atom stereocenters. The molecule has 32 heavy (non-hydrogen) atoms. The topological polar surface area (TPSA) is 81.9 Å². The monoisotopic (exact) mass is 467 g/mol. The van der Waals surface area contributed by atoms with Gasteiger partial charge in [-0.15, -0.1) is 11.3 Å². The number of fused-ring (bicyclic) bond motifs is 3. The lowest BCUT2D eigenvalue weighted by molar-refractivity contribution is -0.116.